The summed E-state index contributed by atoms with van der Waals surface area (Å²) in [6.07, 6.45) is 0.160. The molecule has 0 aliphatic carbocycles. The van der Waals surface area contributed by atoms with Gasteiger partial charge in [0.05, 0.1) is 34.1 Å². The second-order valence-corrected chi connectivity index (χ2v) is 8.39. The highest BCUT2D eigenvalue weighted by molar-refractivity contribution is 7.15. The molecule has 0 saturated carbocycles. The minimum atomic E-state index is -1.06. The van der Waals surface area contributed by atoms with Gasteiger partial charge in [0, 0.05) is 22.8 Å². The van der Waals surface area contributed by atoms with E-state index in [0.717, 1.165) is 21.8 Å². The van der Waals surface area contributed by atoms with Gasteiger partial charge < -0.3 is 29.4 Å². The number of aromatic carboxylic acids is 1. The molecule has 2 N–H and O–H groups in total. The number of nitrogens with one attached hydrogen (secondary N) is 1. The Morgan fingerprint density at radius 2 is 1.64 bits per heavy atom. The first-order valence-electron chi connectivity index (χ1n) is 10.1. The van der Waals surface area contributed by atoms with Crippen LogP contribution in [0.1, 0.15) is 32.5 Å². The zero-order valence-electron chi connectivity index (χ0n) is 18.6. The maximum atomic E-state index is 12.7. The number of hydrogen-bond donors (Lipinski definition) is 2. The number of hydrogen-bond acceptors (Lipinski definition) is 7. The largest absolute Gasteiger partial charge is 0.497 e. The topological polar surface area (TPSA) is 103 Å². The number of carbonyl (C=O) groups excluding carboxylic acids is 1. The standard InChI is InChI=1S/C24H23NO7S/c1-29-14-7-5-12(6-8-14)19-20-22(33-23(19)24(27)28)15(11-18(26)25-20)13-9-16(30-2)21(32-4)17(10-13)31-3/h5-10,15H,11H2,1-4H3,(H,25,26)(H,27,28)/t15-/m0/s1. The van der Waals surface area contributed by atoms with Crippen molar-refractivity contribution in [2.45, 2.75) is 12.3 Å². The molecule has 4 rings (SSSR count). The number of benzene rings is 2. The van der Waals surface area contributed by atoms with E-state index in [0.29, 0.717) is 39.8 Å². The summed E-state index contributed by atoms with van der Waals surface area (Å²) in [6.45, 7) is 0. The molecule has 0 spiro atoms. The molecule has 1 atom stereocenters. The van der Waals surface area contributed by atoms with Gasteiger partial charge in [-0.1, -0.05) is 12.1 Å². The summed E-state index contributed by atoms with van der Waals surface area (Å²) < 4.78 is 21.6. The molecular formula is C24H23NO7S. The van der Waals surface area contributed by atoms with E-state index < -0.39 is 5.97 Å². The summed E-state index contributed by atoms with van der Waals surface area (Å²) in [5.41, 5.74) is 2.44. The summed E-state index contributed by atoms with van der Waals surface area (Å²) in [4.78, 5) is 25.8. The van der Waals surface area contributed by atoms with Crippen LogP contribution in [0.5, 0.6) is 23.0 Å². The van der Waals surface area contributed by atoms with Crippen LogP contribution >= 0.6 is 11.3 Å². The SMILES string of the molecule is COc1ccc(-c2c(C(=O)O)sc3c2NC(=O)C[C@H]3c2cc(OC)c(OC)c(OC)c2)cc1. The Hall–Kier alpha value is -3.72. The van der Waals surface area contributed by atoms with Crippen LogP contribution in [0, 0.1) is 0 Å². The predicted octanol–water partition coefficient (Wildman–Crippen LogP) is 4.62. The van der Waals surface area contributed by atoms with Crippen molar-refractivity contribution in [1.82, 2.24) is 0 Å². The number of carbonyl (C=O) groups is 2. The van der Waals surface area contributed by atoms with Crippen LogP contribution in [-0.4, -0.2) is 45.4 Å². The smallest absolute Gasteiger partial charge is 0.346 e. The van der Waals surface area contributed by atoms with Gasteiger partial charge in [-0.3, -0.25) is 4.79 Å². The molecule has 0 bridgehead atoms. The van der Waals surface area contributed by atoms with Crippen LogP contribution < -0.4 is 24.3 Å². The van der Waals surface area contributed by atoms with Crippen molar-refractivity contribution >= 4 is 28.9 Å². The second-order valence-electron chi connectivity index (χ2n) is 7.34. The normalized spacial score (nSPS) is 14.8. The quantitative estimate of drug-likeness (QED) is 0.520. The molecule has 2 heterocycles. The van der Waals surface area contributed by atoms with Gasteiger partial charge in [-0.05, 0) is 35.4 Å². The lowest BCUT2D eigenvalue weighted by molar-refractivity contribution is -0.116. The van der Waals surface area contributed by atoms with Crippen molar-refractivity contribution < 1.29 is 33.6 Å². The lowest BCUT2D eigenvalue weighted by Gasteiger charge is -2.25. The molecule has 0 fully saturated rings. The average molecular weight is 470 g/mol. The molecule has 0 saturated heterocycles. The Kier molecular flexibility index (Phi) is 6.15. The van der Waals surface area contributed by atoms with Crippen LogP contribution in [0.15, 0.2) is 36.4 Å². The Labute approximate surface area is 194 Å². The third kappa shape index (κ3) is 3.95. The Balaban J connectivity index is 1.91. The van der Waals surface area contributed by atoms with Crippen molar-refractivity contribution in [2.24, 2.45) is 0 Å². The summed E-state index contributed by atoms with van der Waals surface area (Å²) in [6, 6.07) is 10.7. The van der Waals surface area contributed by atoms with E-state index in [1.54, 1.807) is 43.5 Å². The van der Waals surface area contributed by atoms with Crippen LogP contribution in [-0.2, 0) is 4.79 Å². The minimum absolute atomic E-state index is 0.157. The van der Waals surface area contributed by atoms with Crippen LogP contribution in [0.4, 0.5) is 5.69 Å². The third-order valence-corrected chi connectivity index (χ3v) is 6.86. The fraction of sp³-hybridized carbons (Fsp3) is 0.250. The van der Waals surface area contributed by atoms with E-state index in [2.05, 4.69) is 5.32 Å². The van der Waals surface area contributed by atoms with E-state index in [1.165, 1.54) is 21.3 Å². The second kappa shape index (κ2) is 9.03. The van der Waals surface area contributed by atoms with Crippen LogP contribution in [0.2, 0.25) is 0 Å². The predicted molar refractivity (Wildman–Crippen MR) is 124 cm³/mol. The average Bonchev–Trinajstić information content (AvgIpc) is 3.22. The van der Waals surface area contributed by atoms with Gasteiger partial charge in [0.25, 0.3) is 0 Å². The minimum Gasteiger partial charge on any atom is -0.497 e. The number of amides is 1. The number of fused-ring (bicyclic) bond motifs is 1. The molecule has 172 valence electrons. The van der Waals surface area contributed by atoms with Crippen molar-refractivity contribution in [3.05, 3.63) is 51.7 Å². The Morgan fingerprint density at radius 3 is 2.15 bits per heavy atom. The first-order chi connectivity index (χ1) is 15.9. The molecule has 1 aliphatic rings. The number of carboxylic acid groups (broad SMARTS) is 1. The van der Waals surface area contributed by atoms with Gasteiger partial charge in [-0.15, -0.1) is 11.3 Å². The zero-order chi connectivity index (χ0) is 23.7. The summed E-state index contributed by atoms with van der Waals surface area (Å²) >= 11 is 1.16. The number of carboxylic acids is 1. The highest BCUT2D eigenvalue weighted by Gasteiger charge is 2.35. The first-order valence-corrected chi connectivity index (χ1v) is 10.9. The fourth-order valence-electron chi connectivity index (χ4n) is 4.04. The maximum Gasteiger partial charge on any atom is 0.346 e. The van der Waals surface area contributed by atoms with E-state index in [4.69, 9.17) is 18.9 Å². The Bertz CT molecular complexity index is 1190. The van der Waals surface area contributed by atoms with Gasteiger partial charge in [0.2, 0.25) is 11.7 Å². The third-order valence-electron chi connectivity index (χ3n) is 5.57. The van der Waals surface area contributed by atoms with Crippen LogP contribution in [0.3, 0.4) is 0 Å². The van der Waals surface area contributed by atoms with E-state index in [1.807, 2.05) is 0 Å². The van der Waals surface area contributed by atoms with Crippen molar-refractivity contribution in [1.29, 1.82) is 0 Å². The zero-order valence-corrected chi connectivity index (χ0v) is 19.4. The number of methoxy groups -OCH3 is 4. The van der Waals surface area contributed by atoms with Crippen molar-refractivity contribution in [3.8, 4) is 34.1 Å². The maximum absolute atomic E-state index is 12.7. The van der Waals surface area contributed by atoms with Gasteiger partial charge in [-0.25, -0.2) is 4.79 Å². The number of ether oxygens (including phenoxy) is 4. The molecule has 33 heavy (non-hydrogen) atoms. The molecule has 8 nitrogen and oxygen atoms in total. The van der Waals surface area contributed by atoms with Gasteiger partial charge in [0.1, 0.15) is 10.6 Å². The van der Waals surface area contributed by atoms with Crippen LogP contribution in [0.25, 0.3) is 11.1 Å². The van der Waals surface area contributed by atoms with Crippen molar-refractivity contribution in [3.63, 3.8) is 0 Å². The number of anilines is 1. The van der Waals surface area contributed by atoms with Gasteiger partial charge in [-0.2, -0.15) is 0 Å². The molecule has 2 aromatic carbocycles. The lowest BCUT2D eigenvalue weighted by Crippen LogP contribution is -2.22. The molecular weight excluding hydrogens is 446 g/mol. The van der Waals surface area contributed by atoms with E-state index in [-0.39, 0.29) is 23.1 Å². The summed E-state index contributed by atoms with van der Waals surface area (Å²) in [7, 11) is 6.13. The summed E-state index contributed by atoms with van der Waals surface area (Å²) in [5.74, 6) is 0.385. The Morgan fingerprint density at radius 1 is 1.00 bits per heavy atom. The molecule has 1 aromatic heterocycles. The fourth-order valence-corrected chi connectivity index (χ4v) is 5.29. The molecule has 1 amide bonds. The number of rotatable bonds is 7. The lowest BCUT2D eigenvalue weighted by atomic mass is 9.88. The molecule has 9 heteroatoms. The monoisotopic (exact) mass is 469 g/mol. The van der Waals surface area contributed by atoms with E-state index >= 15 is 0 Å². The number of thiophene rings is 1. The van der Waals surface area contributed by atoms with Crippen molar-refractivity contribution in [2.75, 3.05) is 33.8 Å². The summed E-state index contributed by atoms with van der Waals surface area (Å²) in [5, 5.41) is 12.8. The van der Waals surface area contributed by atoms with Gasteiger partial charge in [0.15, 0.2) is 11.5 Å². The molecule has 0 radical (unpaired) electrons. The first kappa shape index (κ1) is 22.5. The van der Waals surface area contributed by atoms with E-state index in [9.17, 15) is 14.7 Å². The molecule has 1 aliphatic heterocycles. The van der Waals surface area contributed by atoms with Gasteiger partial charge >= 0.3 is 5.97 Å². The highest BCUT2D eigenvalue weighted by Crippen LogP contribution is 2.51. The molecule has 3 aromatic rings. The molecule has 0 unspecified atom stereocenters. The highest BCUT2D eigenvalue weighted by atomic mass is 32.1.